The van der Waals surface area contributed by atoms with Crippen molar-refractivity contribution in [1.82, 2.24) is 15.4 Å². The summed E-state index contributed by atoms with van der Waals surface area (Å²) in [5.41, 5.74) is 5.48. The van der Waals surface area contributed by atoms with Crippen molar-refractivity contribution in [1.29, 1.82) is 0 Å². The van der Waals surface area contributed by atoms with Crippen LogP contribution in [0.25, 0.3) is 0 Å². The quantitative estimate of drug-likeness (QED) is 0.541. The smallest absolute Gasteiger partial charge is 0.244 e. The van der Waals surface area contributed by atoms with E-state index in [1.54, 1.807) is 18.6 Å². The molecule has 4 rings (SSSR count). The van der Waals surface area contributed by atoms with E-state index in [9.17, 15) is 4.79 Å². The third-order valence-electron chi connectivity index (χ3n) is 5.04. The van der Waals surface area contributed by atoms with Crippen LogP contribution in [0.4, 0.5) is 5.82 Å². The van der Waals surface area contributed by atoms with Crippen LogP contribution in [0.3, 0.4) is 0 Å². The molecule has 3 aromatic rings. The molecule has 1 aliphatic rings. The van der Waals surface area contributed by atoms with Crippen molar-refractivity contribution in [2.75, 3.05) is 18.0 Å². The number of benzene rings is 2. The molecule has 1 saturated heterocycles. The fraction of sp³-hybridized carbons (Fsp3) is 0.217. The Morgan fingerprint density at radius 3 is 2.31 bits per heavy atom. The molecule has 6 heteroatoms. The van der Waals surface area contributed by atoms with Crippen LogP contribution < -0.4 is 10.3 Å². The van der Waals surface area contributed by atoms with E-state index in [0.717, 1.165) is 42.0 Å². The van der Waals surface area contributed by atoms with Crippen LogP contribution in [0.5, 0.6) is 0 Å². The standard InChI is InChI=1S/C23H23N5O/c29-23(20-12-7-15-28(17-20)21-16-24-13-14-25-21)27-26-22(18-8-3-1-4-9-18)19-10-5-2-6-11-19/h1-6,8-11,13-14,16,20H,7,12,15,17H2,(H,27,29)/t20-/m0/s1. The van der Waals surface area contributed by atoms with E-state index in [4.69, 9.17) is 0 Å². The number of aromatic nitrogens is 2. The largest absolute Gasteiger partial charge is 0.355 e. The zero-order chi connectivity index (χ0) is 19.9. The van der Waals surface area contributed by atoms with Gasteiger partial charge in [0.05, 0.1) is 17.8 Å². The van der Waals surface area contributed by atoms with E-state index in [1.165, 1.54) is 0 Å². The molecule has 1 aliphatic heterocycles. The molecule has 1 aromatic heterocycles. The van der Waals surface area contributed by atoms with Crippen LogP contribution in [0, 0.1) is 5.92 Å². The summed E-state index contributed by atoms with van der Waals surface area (Å²) in [7, 11) is 0. The highest BCUT2D eigenvalue weighted by molar-refractivity contribution is 6.13. The number of nitrogens with zero attached hydrogens (tertiary/aromatic N) is 4. The van der Waals surface area contributed by atoms with Crippen LogP contribution in [0.2, 0.25) is 0 Å². The van der Waals surface area contributed by atoms with Gasteiger partial charge in [0, 0.05) is 36.6 Å². The molecule has 29 heavy (non-hydrogen) atoms. The summed E-state index contributed by atoms with van der Waals surface area (Å²) >= 11 is 0. The van der Waals surface area contributed by atoms with Gasteiger partial charge >= 0.3 is 0 Å². The first-order chi connectivity index (χ1) is 14.3. The zero-order valence-electron chi connectivity index (χ0n) is 16.1. The molecule has 6 nitrogen and oxygen atoms in total. The lowest BCUT2D eigenvalue weighted by atomic mass is 9.97. The molecule has 0 aliphatic carbocycles. The summed E-state index contributed by atoms with van der Waals surface area (Å²) in [5.74, 6) is 0.605. The van der Waals surface area contributed by atoms with Gasteiger partial charge in [-0.25, -0.2) is 10.4 Å². The van der Waals surface area contributed by atoms with Gasteiger partial charge in [-0.1, -0.05) is 60.7 Å². The number of piperidine rings is 1. The van der Waals surface area contributed by atoms with E-state index >= 15 is 0 Å². The normalized spacial score (nSPS) is 16.1. The lowest BCUT2D eigenvalue weighted by Crippen LogP contribution is -2.42. The second kappa shape index (κ2) is 9.10. The fourth-order valence-corrected chi connectivity index (χ4v) is 3.54. The number of hydrazone groups is 1. The van der Waals surface area contributed by atoms with Gasteiger partial charge in [0.25, 0.3) is 0 Å². The monoisotopic (exact) mass is 385 g/mol. The van der Waals surface area contributed by atoms with Gasteiger partial charge in [0.15, 0.2) is 0 Å². The number of nitrogens with one attached hydrogen (secondary N) is 1. The van der Waals surface area contributed by atoms with Crippen LogP contribution in [0.1, 0.15) is 24.0 Å². The summed E-state index contributed by atoms with van der Waals surface area (Å²) in [6.45, 7) is 1.50. The Bertz CT molecular complexity index is 919. The van der Waals surface area contributed by atoms with Gasteiger partial charge in [-0.05, 0) is 12.8 Å². The minimum absolute atomic E-state index is 0.0667. The average molecular weight is 385 g/mol. The number of carbonyl (C=O) groups is 1. The molecule has 0 saturated carbocycles. The fourth-order valence-electron chi connectivity index (χ4n) is 3.54. The van der Waals surface area contributed by atoms with Crippen molar-refractivity contribution in [2.24, 2.45) is 11.0 Å². The van der Waals surface area contributed by atoms with Crippen molar-refractivity contribution >= 4 is 17.4 Å². The maximum atomic E-state index is 12.9. The van der Waals surface area contributed by atoms with Crippen molar-refractivity contribution < 1.29 is 4.79 Å². The van der Waals surface area contributed by atoms with Gasteiger partial charge in [0.1, 0.15) is 5.82 Å². The number of hydrogen-bond donors (Lipinski definition) is 1. The topological polar surface area (TPSA) is 70.5 Å². The van der Waals surface area contributed by atoms with Gasteiger partial charge < -0.3 is 4.90 Å². The van der Waals surface area contributed by atoms with E-state index in [0.29, 0.717) is 6.54 Å². The summed E-state index contributed by atoms with van der Waals surface area (Å²) in [5, 5.41) is 4.51. The Labute approximate surface area is 170 Å². The first kappa shape index (κ1) is 18.8. The van der Waals surface area contributed by atoms with Crippen LogP contribution in [0.15, 0.2) is 84.4 Å². The number of amides is 1. The van der Waals surface area contributed by atoms with E-state index in [2.05, 4.69) is 25.4 Å². The van der Waals surface area contributed by atoms with Crippen molar-refractivity contribution in [3.05, 3.63) is 90.4 Å². The molecule has 1 N–H and O–H groups in total. The lowest BCUT2D eigenvalue weighted by Gasteiger charge is -2.32. The minimum atomic E-state index is -0.137. The molecule has 0 radical (unpaired) electrons. The molecule has 1 fully saturated rings. The third kappa shape index (κ3) is 4.66. The zero-order valence-corrected chi connectivity index (χ0v) is 16.1. The van der Waals surface area contributed by atoms with Gasteiger partial charge in [0.2, 0.25) is 5.91 Å². The molecule has 0 bridgehead atoms. The van der Waals surface area contributed by atoms with Crippen molar-refractivity contribution in [3.63, 3.8) is 0 Å². The Kier molecular flexibility index (Phi) is 5.90. The van der Waals surface area contributed by atoms with E-state index < -0.39 is 0 Å². The summed E-state index contributed by atoms with van der Waals surface area (Å²) < 4.78 is 0. The molecular weight excluding hydrogens is 362 g/mol. The number of carbonyl (C=O) groups excluding carboxylic acids is 1. The summed E-state index contributed by atoms with van der Waals surface area (Å²) in [6.07, 6.45) is 6.84. The predicted molar refractivity (Wildman–Crippen MR) is 114 cm³/mol. The van der Waals surface area contributed by atoms with Crippen LogP contribution >= 0.6 is 0 Å². The summed E-state index contributed by atoms with van der Waals surface area (Å²) in [6, 6.07) is 19.8. The Hall–Kier alpha value is -3.54. The highest BCUT2D eigenvalue weighted by atomic mass is 16.2. The highest BCUT2D eigenvalue weighted by Gasteiger charge is 2.26. The molecule has 0 unspecified atom stereocenters. The van der Waals surface area contributed by atoms with Crippen molar-refractivity contribution in [2.45, 2.75) is 12.8 Å². The molecule has 2 aromatic carbocycles. The first-order valence-corrected chi connectivity index (χ1v) is 9.80. The number of rotatable bonds is 5. The van der Waals surface area contributed by atoms with Crippen LogP contribution in [-0.2, 0) is 4.79 Å². The Balaban J connectivity index is 1.50. The predicted octanol–water partition coefficient (Wildman–Crippen LogP) is 3.26. The molecule has 0 spiro atoms. The van der Waals surface area contributed by atoms with Gasteiger partial charge in [-0.3, -0.25) is 9.78 Å². The van der Waals surface area contributed by atoms with E-state index in [1.807, 2.05) is 60.7 Å². The second-order valence-electron chi connectivity index (χ2n) is 7.02. The van der Waals surface area contributed by atoms with E-state index in [-0.39, 0.29) is 11.8 Å². The molecule has 1 atom stereocenters. The van der Waals surface area contributed by atoms with Crippen molar-refractivity contribution in [3.8, 4) is 0 Å². The Morgan fingerprint density at radius 2 is 1.69 bits per heavy atom. The first-order valence-electron chi connectivity index (χ1n) is 9.80. The molecule has 2 heterocycles. The average Bonchev–Trinajstić information content (AvgIpc) is 2.81. The lowest BCUT2D eigenvalue weighted by molar-refractivity contribution is -0.125. The summed E-state index contributed by atoms with van der Waals surface area (Å²) in [4.78, 5) is 23.5. The molecule has 146 valence electrons. The van der Waals surface area contributed by atoms with Gasteiger partial charge in [-0.2, -0.15) is 5.10 Å². The minimum Gasteiger partial charge on any atom is -0.355 e. The second-order valence-corrected chi connectivity index (χ2v) is 7.02. The molecule has 1 amide bonds. The highest BCUT2D eigenvalue weighted by Crippen LogP contribution is 2.21. The Morgan fingerprint density at radius 1 is 1.00 bits per heavy atom. The van der Waals surface area contributed by atoms with Gasteiger partial charge in [-0.15, -0.1) is 0 Å². The third-order valence-corrected chi connectivity index (χ3v) is 5.04. The SMILES string of the molecule is O=C(NN=C(c1ccccc1)c1ccccc1)[C@H]1CCCN(c2cnccn2)C1. The number of hydrogen-bond acceptors (Lipinski definition) is 5. The van der Waals surface area contributed by atoms with Crippen LogP contribution in [-0.4, -0.2) is 34.7 Å². The maximum Gasteiger partial charge on any atom is 0.244 e. The maximum absolute atomic E-state index is 12.9. The number of anilines is 1. The molecular formula is C23H23N5O.